The highest BCUT2D eigenvalue weighted by Gasteiger charge is 2.48. The molecule has 0 bridgehead atoms. The van der Waals surface area contributed by atoms with Gasteiger partial charge in [-0.15, -0.1) is 0 Å². The summed E-state index contributed by atoms with van der Waals surface area (Å²) in [4.78, 5) is 55.9. The van der Waals surface area contributed by atoms with E-state index in [9.17, 15) is 36.3 Å². The van der Waals surface area contributed by atoms with Crippen LogP contribution in [0.5, 0.6) is 0 Å². The molecule has 4 N–H and O–H groups in total. The lowest BCUT2D eigenvalue weighted by Gasteiger charge is -2.28. The number of rotatable bonds is 8. The predicted octanol–water partition coefficient (Wildman–Crippen LogP) is 4.36. The molecule has 39 heavy (non-hydrogen) atoms. The van der Waals surface area contributed by atoms with Crippen molar-refractivity contribution in [1.82, 2.24) is 0 Å². The van der Waals surface area contributed by atoms with Gasteiger partial charge < -0.3 is 29.0 Å². The average molecular weight is 604 g/mol. The van der Waals surface area contributed by atoms with Gasteiger partial charge in [-0.2, -0.15) is 17.6 Å². The van der Waals surface area contributed by atoms with E-state index in [2.05, 4.69) is 0 Å². The van der Waals surface area contributed by atoms with Crippen LogP contribution in [-0.2, 0) is 41.0 Å². The van der Waals surface area contributed by atoms with Crippen molar-refractivity contribution in [2.75, 3.05) is 14.2 Å². The molecule has 220 valence electrons. The second kappa shape index (κ2) is 14.7. The number of hydrogen-bond acceptors (Lipinski definition) is 6. The van der Waals surface area contributed by atoms with Crippen LogP contribution in [0.3, 0.4) is 0 Å². The first kappa shape index (κ1) is 36.4. The number of ether oxygens (including phenoxy) is 2. The van der Waals surface area contributed by atoms with E-state index in [-0.39, 0.29) is 26.7 Å². The highest BCUT2D eigenvalue weighted by molar-refractivity contribution is 7.53. The molecule has 0 radical (unpaired) electrons. The molecule has 0 spiro atoms. The Bertz CT molecular complexity index is 1050. The van der Waals surface area contributed by atoms with Gasteiger partial charge in [-0.3, -0.25) is 18.7 Å². The van der Waals surface area contributed by atoms with Gasteiger partial charge in [0.2, 0.25) is 0 Å². The lowest BCUT2D eigenvalue weighted by molar-refractivity contribution is -0.169. The summed E-state index contributed by atoms with van der Waals surface area (Å²) in [6.45, 7) is 0.349. The quantitative estimate of drug-likeness (QED) is 0.147. The Balaban J connectivity index is 0.000000742. The summed E-state index contributed by atoms with van der Waals surface area (Å²) in [6.07, 6.45) is 0.449. The summed E-state index contributed by atoms with van der Waals surface area (Å²) in [5.74, 6) is -1.17. The maximum atomic E-state index is 12.5. The predicted molar refractivity (Wildman–Crippen MR) is 132 cm³/mol. The van der Waals surface area contributed by atoms with Crippen molar-refractivity contribution in [1.29, 1.82) is 0 Å². The van der Waals surface area contributed by atoms with E-state index in [0.29, 0.717) is 0 Å². The van der Waals surface area contributed by atoms with Gasteiger partial charge in [0.1, 0.15) is 0 Å². The number of esters is 2. The van der Waals surface area contributed by atoms with Crippen LogP contribution >= 0.6 is 15.2 Å². The molecule has 0 unspecified atom stereocenters. The third-order valence-electron chi connectivity index (χ3n) is 4.87. The number of methoxy groups -OCH3 is 2. The van der Waals surface area contributed by atoms with Gasteiger partial charge >= 0.3 is 38.5 Å². The van der Waals surface area contributed by atoms with Crippen LogP contribution in [0, 0.1) is 5.41 Å². The summed E-state index contributed by atoms with van der Waals surface area (Å²) in [5, 5.41) is 0. The first-order chi connectivity index (χ1) is 17.6. The zero-order valence-corrected chi connectivity index (χ0v) is 23.1. The third kappa shape index (κ3) is 12.0. The maximum Gasteiger partial charge on any atom is 0.394 e. The van der Waals surface area contributed by atoms with Gasteiger partial charge in [0.25, 0.3) is 0 Å². The van der Waals surface area contributed by atoms with Gasteiger partial charge in [-0.25, -0.2) is 0 Å². The number of carbonyl (C=O) groups excluding carboxylic acids is 2. The fourth-order valence-electron chi connectivity index (χ4n) is 2.71. The van der Waals surface area contributed by atoms with Crippen LogP contribution in [0.25, 0.3) is 0 Å². The minimum absolute atomic E-state index is 0.174. The van der Waals surface area contributed by atoms with Crippen LogP contribution in [0.15, 0.2) is 60.7 Å². The van der Waals surface area contributed by atoms with Crippen molar-refractivity contribution >= 4 is 27.1 Å². The van der Waals surface area contributed by atoms with Crippen LogP contribution in [0.1, 0.15) is 25.0 Å². The molecule has 10 nitrogen and oxygen atoms in total. The molecule has 0 saturated carbocycles. The first-order valence-corrected chi connectivity index (χ1v) is 14.0. The van der Waals surface area contributed by atoms with Gasteiger partial charge in [-0.1, -0.05) is 60.7 Å². The molecule has 0 fully saturated rings. The average Bonchev–Trinajstić information content (AvgIpc) is 2.82. The van der Waals surface area contributed by atoms with Gasteiger partial charge in [0, 0.05) is 13.8 Å². The maximum absolute atomic E-state index is 12.5. The van der Waals surface area contributed by atoms with E-state index in [1.54, 1.807) is 0 Å². The molecular formula is C23H30F4O10P2. The molecule has 0 aliphatic heterocycles. The number of hydrogen-bond donors (Lipinski definition) is 4. The lowest BCUT2D eigenvalue weighted by atomic mass is 9.76. The number of alkyl halides is 4. The summed E-state index contributed by atoms with van der Waals surface area (Å²) < 4.78 is 74.9. The van der Waals surface area contributed by atoms with Gasteiger partial charge in [0.05, 0.1) is 14.2 Å². The van der Waals surface area contributed by atoms with Crippen molar-refractivity contribution in [2.45, 2.75) is 38.0 Å². The van der Waals surface area contributed by atoms with Crippen LogP contribution in [-0.4, -0.2) is 57.1 Å². The number of carbonyl (C=O) groups is 2. The van der Waals surface area contributed by atoms with E-state index in [1.165, 1.54) is 14.2 Å². The Morgan fingerprint density at radius 2 is 0.897 bits per heavy atom. The Morgan fingerprint density at radius 3 is 1.08 bits per heavy atom. The van der Waals surface area contributed by atoms with E-state index in [0.717, 1.165) is 11.1 Å². The van der Waals surface area contributed by atoms with Crippen molar-refractivity contribution in [3.63, 3.8) is 0 Å². The van der Waals surface area contributed by atoms with Gasteiger partial charge in [0.15, 0.2) is 5.41 Å². The third-order valence-corrected chi connectivity index (χ3v) is 6.92. The topological polar surface area (TPSA) is 168 Å². The van der Waals surface area contributed by atoms with E-state index in [4.69, 9.17) is 29.0 Å². The second-order valence-electron chi connectivity index (χ2n) is 8.16. The van der Waals surface area contributed by atoms with Crippen molar-refractivity contribution < 1.29 is 65.3 Å². The highest BCUT2D eigenvalue weighted by atomic mass is 31.2. The minimum atomic E-state index is -5.18. The molecule has 2 rings (SSSR count). The summed E-state index contributed by atoms with van der Waals surface area (Å²) >= 11 is 0. The SMILES string of the molecule is CC(F)(F)P(=O)(O)O.CC(F)(F)P(=O)(O)O.COC(=O)C(Cc1ccccc1)(Cc1ccccc1)C(=O)OC. The molecule has 0 aromatic heterocycles. The molecule has 2 aromatic carbocycles. The first-order valence-electron chi connectivity index (χ1n) is 10.7. The van der Waals surface area contributed by atoms with Crippen molar-refractivity contribution in [3.8, 4) is 0 Å². The monoisotopic (exact) mass is 604 g/mol. The van der Waals surface area contributed by atoms with Crippen LogP contribution < -0.4 is 0 Å². The second-order valence-corrected chi connectivity index (χ2v) is 11.9. The standard InChI is InChI=1S/C19H20O4.2C2H5F2O3P/c1-22-17(20)19(18(21)23-2,13-15-9-5-3-6-10-15)14-16-11-7-4-8-12-16;2*1-2(3,4)8(5,6)7/h3-12H,13-14H2,1-2H3;2*1H3,(H2,5,6,7). The molecule has 0 atom stereocenters. The molecule has 0 saturated heterocycles. The zero-order chi connectivity index (χ0) is 30.7. The minimum Gasteiger partial charge on any atom is -0.468 e. The molecule has 0 aliphatic carbocycles. The fraction of sp³-hybridized carbons (Fsp3) is 0.391. The van der Waals surface area contributed by atoms with E-state index >= 15 is 0 Å². The molecule has 0 aliphatic rings. The largest absolute Gasteiger partial charge is 0.468 e. The molecular weight excluding hydrogens is 574 g/mol. The molecule has 2 aromatic rings. The fourth-order valence-corrected chi connectivity index (χ4v) is 2.71. The highest BCUT2D eigenvalue weighted by Crippen LogP contribution is 2.52. The van der Waals surface area contributed by atoms with E-state index < -0.39 is 43.9 Å². The number of halogens is 4. The Morgan fingerprint density at radius 1 is 0.667 bits per heavy atom. The normalized spacial score (nSPS) is 12.2. The van der Waals surface area contributed by atoms with Crippen molar-refractivity contribution in [2.24, 2.45) is 5.41 Å². The smallest absolute Gasteiger partial charge is 0.394 e. The van der Waals surface area contributed by atoms with Crippen LogP contribution in [0.4, 0.5) is 17.6 Å². The Kier molecular flexibility index (Phi) is 13.7. The molecule has 16 heteroatoms. The summed E-state index contributed by atoms with van der Waals surface area (Å²) in [6, 6.07) is 18.8. The Hall–Kier alpha value is -2.60. The molecule has 0 amide bonds. The Labute approximate surface area is 222 Å². The van der Waals surface area contributed by atoms with Gasteiger partial charge in [-0.05, 0) is 24.0 Å². The summed E-state index contributed by atoms with van der Waals surface area (Å²) in [5.41, 5.74) is -7.44. The number of benzene rings is 2. The lowest BCUT2D eigenvalue weighted by Crippen LogP contribution is -2.45. The van der Waals surface area contributed by atoms with Crippen molar-refractivity contribution in [3.05, 3.63) is 71.8 Å². The van der Waals surface area contributed by atoms with Crippen LogP contribution in [0.2, 0.25) is 0 Å². The zero-order valence-electron chi connectivity index (χ0n) is 21.3. The van der Waals surface area contributed by atoms with E-state index in [1.807, 2.05) is 60.7 Å². The summed E-state index contributed by atoms with van der Waals surface area (Å²) in [7, 11) is -7.79. The molecule has 0 heterocycles.